The molecular formula is C45H44IrN2OSi-2. The normalized spacial score (nSPS) is 13.8. The Morgan fingerprint density at radius 3 is 2.32 bits per heavy atom. The van der Waals surface area contributed by atoms with Crippen LogP contribution >= 0.6 is 0 Å². The van der Waals surface area contributed by atoms with Crippen molar-refractivity contribution >= 4 is 35.2 Å². The third-order valence-electron chi connectivity index (χ3n) is 9.95. The summed E-state index contributed by atoms with van der Waals surface area (Å²) in [5.74, 6) is 1.16. The first-order valence-electron chi connectivity index (χ1n) is 17.6. The van der Waals surface area contributed by atoms with Crippen LogP contribution in [0, 0.1) is 18.1 Å². The Labute approximate surface area is 311 Å². The van der Waals surface area contributed by atoms with Gasteiger partial charge in [0.25, 0.3) is 0 Å². The number of furan rings is 1. The van der Waals surface area contributed by atoms with E-state index >= 15 is 0 Å². The summed E-state index contributed by atoms with van der Waals surface area (Å²) in [6.07, 6.45) is 10.7. The second-order valence-corrected chi connectivity index (χ2v) is 19.5. The molecule has 4 aromatic carbocycles. The monoisotopic (exact) mass is 849 g/mol. The van der Waals surface area contributed by atoms with Gasteiger partial charge in [-0.05, 0) is 52.5 Å². The Kier molecular flexibility index (Phi) is 11.3. The quantitative estimate of drug-likeness (QED) is 0.118. The average molecular weight is 849 g/mol. The molecule has 50 heavy (non-hydrogen) atoms. The summed E-state index contributed by atoms with van der Waals surface area (Å²) in [4.78, 5) is 9.35. The molecule has 0 bridgehead atoms. The van der Waals surface area contributed by atoms with Crippen molar-refractivity contribution in [1.29, 1.82) is 0 Å². The molecule has 1 radical (unpaired) electrons. The van der Waals surface area contributed by atoms with Crippen molar-refractivity contribution in [3.8, 4) is 22.5 Å². The Morgan fingerprint density at radius 2 is 1.56 bits per heavy atom. The van der Waals surface area contributed by atoms with E-state index in [9.17, 15) is 0 Å². The maximum atomic E-state index is 5.90. The van der Waals surface area contributed by atoms with Crippen LogP contribution in [0.1, 0.15) is 55.2 Å². The van der Waals surface area contributed by atoms with Crippen molar-refractivity contribution in [3.63, 3.8) is 0 Å². The molecule has 0 N–H and O–H groups in total. The molecule has 3 heterocycles. The first kappa shape index (κ1) is 35.7. The fourth-order valence-electron chi connectivity index (χ4n) is 7.05. The van der Waals surface area contributed by atoms with Gasteiger partial charge in [0.2, 0.25) is 0 Å². The van der Waals surface area contributed by atoms with E-state index in [0.717, 1.165) is 50.4 Å². The summed E-state index contributed by atoms with van der Waals surface area (Å²) >= 11 is 0. The number of aromatic nitrogens is 2. The Bertz CT molecular complexity index is 2160. The van der Waals surface area contributed by atoms with Gasteiger partial charge in [-0.2, -0.15) is 0 Å². The third-order valence-corrected chi connectivity index (χ3v) is 12.0. The van der Waals surface area contributed by atoms with Crippen LogP contribution in [0.2, 0.25) is 19.6 Å². The van der Waals surface area contributed by atoms with Crippen LogP contribution in [0.4, 0.5) is 0 Å². The van der Waals surface area contributed by atoms with Crippen molar-refractivity contribution in [2.45, 2.75) is 64.6 Å². The Morgan fingerprint density at radius 1 is 0.780 bits per heavy atom. The number of pyridine rings is 2. The van der Waals surface area contributed by atoms with Crippen molar-refractivity contribution in [3.05, 3.63) is 150 Å². The van der Waals surface area contributed by atoms with Gasteiger partial charge in [0.05, 0.1) is 13.7 Å². The minimum atomic E-state index is -1.32. The fourth-order valence-corrected chi connectivity index (χ4v) is 8.09. The van der Waals surface area contributed by atoms with E-state index < -0.39 is 8.07 Å². The number of fused-ring (bicyclic) bond motifs is 3. The number of benzene rings is 4. The number of para-hydroxylation sites is 1. The molecule has 0 aliphatic heterocycles. The average Bonchev–Trinajstić information content (AvgIpc) is 3.79. The first-order valence-corrected chi connectivity index (χ1v) is 21.1. The van der Waals surface area contributed by atoms with Gasteiger partial charge in [-0.1, -0.05) is 130 Å². The number of rotatable bonds is 7. The van der Waals surface area contributed by atoms with Crippen LogP contribution in [0.3, 0.4) is 0 Å². The number of nitrogens with zero attached hydrogens (tertiary/aromatic N) is 2. The molecule has 1 aliphatic carbocycles. The molecule has 0 spiro atoms. The standard InChI is InChI=1S/C23H20NO.C22H24NSi.Ir/c1-2-6-16(5-1)13-17-11-12-24-21(14-17)18-9-10-23-20(15-18)19-7-3-4-8-22(19)25-23;1-17(18-10-6-5-7-11-18)20-12-8-9-13-21(20)22-15-14-19(16-23-22)24(2,3)4;/h3-4,7-8,10-12,14-16H,1-2,5-6,13H2;5-12,14-17H,1-4H3;/q2*-1;. The SMILES string of the molecule is CC(c1ccccc1)c1ccc[c-]c1-c1ccc([Si](C)(C)C)cn1.[Ir].[c-]1cc2oc3ccccc3c2cc1-c1cc(CC2CCCC2)ccn1. The predicted molar refractivity (Wildman–Crippen MR) is 207 cm³/mol. The van der Waals surface area contributed by atoms with Crippen LogP contribution in [0.25, 0.3) is 44.5 Å². The van der Waals surface area contributed by atoms with E-state index in [1.807, 2.05) is 36.5 Å². The molecule has 0 saturated heterocycles. The van der Waals surface area contributed by atoms with Crippen molar-refractivity contribution in [2.24, 2.45) is 5.92 Å². The molecular weight excluding hydrogens is 805 g/mol. The van der Waals surface area contributed by atoms with E-state index in [4.69, 9.17) is 9.40 Å². The molecule has 1 saturated carbocycles. The topological polar surface area (TPSA) is 38.9 Å². The van der Waals surface area contributed by atoms with Gasteiger partial charge in [0.15, 0.2) is 0 Å². The van der Waals surface area contributed by atoms with Gasteiger partial charge in [0, 0.05) is 37.9 Å². The molecule has 0 amide bonds. The summed E-state index contributed by atoms with van der Waals surface area (Å²) in [5, 5.41) is 3.67. The number of hydrogen-bond donors (Lipinski definition) is 0. The zero-order valence-electron chi connectivity index (χ0n) is 29.4. The zero-order chi connectivity index (χ0) is 33.8. The minimum Gasteiger partial charge on any atom is -0.500 e. The summed E-state index contributed by atoms with van der Waals surface area (Å²) in [6.45, 7) is 9.29. The Balaban J connectivity index is 0.000000170. The zero-order valence-corrected chi connectivity index (χ0v) is 32.8. The molecule has 1 atom stereocenters. The second-order valence-electron chi connectivity index (χ2n) is 14.4. The van der Waals surface area contributed by atoms with Crippen molar-refractivity contribution in [1.82, 2.24) is 9.97 Å². The number of hydrogen-bond acceptors (Lipinski definition) is 3. The van der Waals surface area contributed by atoms with Gasteiger partial charge in [0.1, 0.15) is 5.58 Å². The molecule has 3 nitrogen and oxygen atoms in total. The van der Waals surface area contributed by atoms with Crippen LogP contribution in [-0.4, -0.2) is 18.0 Å². The van der Waals surface area contributed by atoms with Gasteiger partial charge in [-0.25, -0.2) is 0 Å². The molecule has 1 fully saturated rings. The van der Waals surface area contributed by atoms with Crippen molar-refractivity contribution < 1.29 is 24.5 Å². The smallest absolute Gasteiger partial charge is 0.120 e. The molecule has 5 heteroatoms. The van der Waals surface area contributed by atoms with Crippen molar-refractivity contribution in [2.75, 3.05) is 0 Å². The maximum Gasteiger partial charge on any atom is 0.120 e. The van der Waals surface area contributed by atoms with Crippen LogP contribution in [0.5, 0.6) is 0 Å². The summed E-state index contributed by atoms with van der Waals surface area (Å²) in [5.41, 5.74) is 9.94. The van der Waals surface area contributed by atoms with E-state index in [-0.39, 0.29) is 20.1 Å². The molecule has 1 aliphatic rings. The summed E-state index contributed by atoms with van der Waals surface area (Å²) < 4.78 is 5.90. The van der Waals surface area contributed by atoms with Crippen LogP contribution < -0.4 is 5.19 Å². The molecule has 255 valence electrons. The predicted octanol–water partition coefficient (Wildman–Crippen LogP) is 11.4. The van der Waals surface area contributed by atoms with E-state index in [1.165, 1.54) is 54.0 Å². The molecule has 3 aromatic heterocycles. The Hall–Kier alpha value is -4.15. The summed E-state index contributed by atoms with van der Waals surface area (Å²) in [7, 11) is -1.32. The first-order chi connectivity index (χ1) is 23.8. The summed E-state index contributed by atoms with van der Waals surface area (Å²) in [6, 6.07) is 44.7. The third kappa shape index (κ3) is 8.07. The van der Waals surface area contributed by atoms with Gasteiger partial charge in [-0.15, -0.1) is 59.2 Å². The van der Waals surface area contributed by atoms with E-state index in [2.05, 4.69) is 129 Å². The van der Waals surface area contributed by atoms with Crippen LogP contribution in [0.15, 0.2) is 126 Å². The van der Waals surface area contributed by atoms with Gasteiger partial charge >= 0.3 is 0 Å². The maximum absolute atomic E-state index is 5.90. The van der Waals surface area contributed by atoms with E-state index in [0.29, 0.717) is 5.92 Å². The van der Waals surface area contributed by atoms with Crippen LogP contribution in [-0.2, 0) is 26.5 Å². The van der Waals surface area contributed by atoms with Gasteiger partial charge < -0.3 is 14.4 Å². The van der Waals surface area contributed by atoms with E-state index in [1.54, 1.807) is 0 Å². The van der Waals surface area contributed by atoms with Gasteiger partial charge in [-0.3, -0.25) is 0 Å². The minimum absolute atomic E-state index is 0. The molecule has 7 aromatic rings. The molecule has 8 rings (SSSR count). The second kappa shape index (κ2) is 15.8. The fraction of sp³-hybridized carbons (Fsp3) is 0.244. The molecule has 1 unspecified atom stereocenters. The largest absolute Gasteiger partial charge is 0.500 e.